The zero-order chi connectivity index (χ0) is 20.9. The third-order valence-corrected chi connectivity index (χ3v) is 6.89. The first kappa shape index (κ1) is 20.5. The Bertz CT molecular complexity index is 1060. The predicted octanol–water partition coefficient (Wildman–Crippen LogP) is 2.41. The summed E-state index contributed by atoms with van der Waals surface area (Å²) in [5, 5.41) is 2.71. The minimum atomic E-state index is -3.84. The number of benzene rings is 1. The van der Waals surface area contributed by atoms with E-state index in [9.17, 15) is 17.6 Å². The number of anilines is 1. The Morgan fingerprint density at radius 2 is 1.89 bits per heavy atom. The standard InChI is InChI=1S/C19H24FN3O4S/c1-11-8-14(6-7-15(11)20)21-18(24)16-12(2)17(13(3)23(16)5)28(25,26)22-19(4)9-27-10-19/h6-8,22H,9-10H2,1-5H3,(H,21,24). The Morgan fingerprint density at radius 3 is 2.43 bits per heavy atom. The first-order valence-corrected chi connectivity index (χ1v) is 10.3. The zero-order valence-corrected chi connectivity index (χ0v) is 17.3. The molecule has 0 aliphatic carbocycles. The number of halogens is 1. The summed E-state index contributed by atoms with van der Waals surface area (Å²) in [6.45, 7) is 7.23. The van der Waals surface area contributed by atoms with Gasteiger partial charge in [-0.3, -0.25) is 4.79 Å². The lowest BCUT2D eigenvalue weighted by Gasteiger charge is -2.38. The van der Waals surface area contributed by atoms with Gasteiger partial charge in [-0.05, 0) is 51.5 Å². The number of hydrogen-bond acceptors (Lipinski definition) is 4. The van der Waals surface area contributed by atoms with Crippen LogP contribution in [0.15, 0.2) is 23.1 Å². The Morgan fingerprint density at radius 1 is 1.25 bits per heavy atom. The molecule has 1 aliphatic rings. The van der Waals surface area contributed by atoms with Crippen LogP contribution in [0.5, 0.6) is 0 Å². The maximum absolute atomic E-state index is 13.4. The number of carbonyl (C=O) groups excluding carboxylic acids is 1. The van der Waals surface area contributed by atoms with E-state index >= 15 is 0 Å². The van der Waals surface area contributed by atoms with Gasteiger partial charge in [-0.15, -0.1) is 0 Å². The molecule has 9 heteroatoms. The highest BCUT2D eigenvalue weighted by molar-refractivity contribution is 7.89. The van der Waals surface area contributed by atoms with Crippen molar-refractivity contribution in [3.8, 4) is 0 Å². The van der Waals surface area contributed by atoms with Crippen LogP contribution in [-0.4, -0.2) is 37.6 Å². The fourth-order valence-corrected chi connectivity index (χ4v) is 5.32. The third kappa shape index (κ3) is 3.57. The summed E-state index contributed by atoms with van der Waals surface area (Å²) in [6, 6.07) is 4.26. The molecule has 0 spiro atoms. The van der Waals surface area contributed by atoms with E-state index in [4.69, 9.17) is 4.74 Å². The Hall–Kier alpha value is -2.23. The van der Waals surface area contributed by atoms with Crippen molar-refractivity contribution in [2.45, 2.75) is 38.1 Å². The van der Waals surface area contributed by atoms with Crippen molar-refractivity contribution in [3.63, 3.8) is 0 Å². The van der Waals surface area contributed by atoms with Crippen LogP contribution in [0.3, 0.4) is 0 Å². The van der Waals surface area contributed by atoms with Gasteiger partial charge in [0.05, 0.1) is 18.8 Å². The number of carbonyl (C=O) groups is 1. The molecule has 1 aromatic heterocycles. The summed E-state index contributed by atoms with van der Waals surface area (Å²) in [4.78, 5) is 12.9. The second-order valence-corrected chi connectivity index (χ2v) is 9.14. The van der Waals surface area contributed by atoms with E-state index in [0.29, 0.717) is 35.7 Å². The molecule has 1 saturated heterocycles. The number of nitrogens with one attached hydrogen (secondary N) is 2. The van der Waals surface area contributed by atoms with E-state index in [0.717, 1.165) is 0 Å². The van der Waals surface area contributed by atoms with Crippen molar-refractivity contribution in [2.75, 3.05) is 18.5 Å². The van der Waals surface area contributed by atoms with Gasteiger partial charge >= 0.3 is 0 Å². The van der Waals surface area contributed by atoms with Gasteiger partial charge in [-0.2, -0.15) is 0 Å². The fourth-order valence-electron chi connectivity index (χ4n) is 3.42. The van der Waals surface area contributed by atoms with Crippen molar-refractivity contribution in [3.05, 3.63) is 46.5 Å². The van der Waals surface area contributed by atoms with Crippen molar-refractivity contribution in [1.29, 1.82) is 0 Å². The Kier molecular flexibility index (Phi) is 5.11. The summed E-state index contributed by atoms with van der Waals surface area (Å²) in [6.07, 6.45) is 0. The largest absolute Gasteiger partial charge is 0.377 e. The van der Waals surface area contributed by atoms with E-state index in [1.807, 2.05) is 0 Å². The van der Waals surface area contributed by atoms with E-state index in [2.05, 4.69) is 10.0 Å². The SMILES string of the molecule is Cc1cc(NC(=O)c2c(C)c(S(=O)(=O)NC3(C)COC3)c(C)n2C)ccc1F. The van der Waals surface area contributed by atoms with Gasteiger partial charge in [0.15, 0.2) is 0 Å². The lowest BCUT2D eigenvalue weighted by Crippen LogP contribution is -2.59. The molecule has 1 fully saturated rings. The highest BCUT2D eigenvalue weighted by Gasteiger charge is 2.40. The number of amides is 1. The maximum Gasteiger partial charge on any atom is 0.272 e. The van der Waals surface area contributed by atoms with E-state index in [1.165, 1.54) is 18.2 Å². The highest BCUT2D eigenvalue weighted by Crippen LogP contribution is 2.29. The van der Waals surface area contributed by atoms with Crippen molar-refractivity contribution in [1.82, 2.24) is 9.29 Å². The molecule has 1 amide bonds. The minimum Gasteiger partial charge on any atom is -0.377 e. The molecule has 2 N–H and O–H groups in total. The van der Waals surface area contributed by atoms with Crippen LogP contribution in [0, 0.1) is 26.6 Å². The molecular formula is C19H24FN3O4S. The second kappa shape index (κ2) is 6.98. The van der Waals surface area contributed by atoms with Crippen LogP contribution in [0.4, 0.5) is 10.1 Å². The molecular weight excluding hydrogens is 385 g/mol. The second-order valence-electron chi connectivity index (χ2n) is 7.52. The fraction of sp³-hybridized carbons (Fsp3) is 0.421. The first-order valence-electron chi connectivity index (χ1n) is 8.80. The summed E-state index contributed by atoms with van der Waals surface area (Å²) >= 11 is 0. The maximum atomic E-state index is 13.4. The minimum absolute atomic E-state index is 0.0866. The normalized spacial score (nSPS) is 15.9. The summed E-state index contributed by atoms with van der Waals surface area (Å²) in [5.74, 6) is -0.828. The van der Waals surface area contributed by atoms with Gasteiger partial charge in [-0.25, -0.2) is 17.5 Å². The quantitative estimate of drug-likeness (QED) is 0.794. The van der Waals surface area contributed by atoms with Crippen LogP contribution in [-0.2, 0) is 21.8 Å². The van der Waals surface area contributed by atoms with Crippen LogP contribution in [0.1, 0.15) is 34.2 Å². The lowest BCUT2D eigenvalue weighted by molar-refractivity contribution is -0.0523. The van der Waals surface area contributed by atoms with Gasteiger partial charge < -0.3 is 14.6 Å². The highest BCUT2D eigenvalue weighted by atomic mass is 32.2. The predicted molar refractivity (Wildman–Crippen MR) is 104 cm³/mol. The molecule has 2 aromatic rings. The van der Waals surface area contributed by atoms with E-state index in [1.54, 1.807) is 39.3 Å². The van der Waals surface area contributed by atoms with E-state index in [-0.39, 0.29) is 16.4 Å². The molecule has 1 aliphatic heterocycles. The number of hydrogen-bond donors (Lipinski definition) is 2. The van der Waals surface area contributed by atoms with Gasteiger partial charge in [0.1, 0.15) is 16.4 Å². The summed E-state index contributed by atoms with van der Waals surface area (Å²) in [5.41, 5.74) is 1.23. The summed E-state index contributed by atoms with van der Waals surface area (Å²) in [7, 11) is -2.20. The number of sulfonamides is 1. The Balaban J connectivity index is 1.95. The molecule has 0 bridgehead atoms. The number of rotatable bonds is 5. The van der Waals surface area contributed by atoms with Gasteiger partial charge in [0, 0.05) is 24.0 Å². The number of aromatic nitrogens is 1. The molecule has 0 atom stereocenters. The molecule has 152 valence electrons. The molecule has 28 heavy (non-hydrogen) atoms. The molecule has 0 radical (unpaired) electrons. The first-order chi connectivity index (χ1) is 12.9. The lowest BCUT2D eigenvalue weighted by atomic mass is 10.0. The third-order valence-electron chi connectivity index (χ3n) is 4.98. The molecule has 0 unspecified atom stereocenters. The van der Waals surface area contributed by atoms with Crippen LogP contribution in [0.25, 0.3) is 0 Å². The van der Waals surface area contributed by atoms with Crippen LogP contribution < -0.4 is 10.0 Å². The molecule has 2 heterocycles. The average Bonchev–Trinajstić information content (AvgIpc) is 2.79. The number of ether oxygens (including phenoxy) is 1. The van der Waals surface area contributed by atoms with Gasteiger partial charge in [0.25, 0.3) is 5.91 Å². The molecule has 7 nitrogen and oxygen atoms in total. The molecule has 3 rings (SSSR count). The van der Waals surface area contributed by atoms with Crippen molar-refractivity contribution >= 4 is 21.6 Å². The topological polar surface area (TPSA) is 89.4 Å². The zero-order valence-electron chi connectivity index (χ0n) is 16.5. The number of aryl methyl sites for hydroxylation is 1. The monoisotopic (exact) mass is 409 g/mol. The van der Waals surface area contributed by atoms with Crippen molar-refractivity contribution in [2.24, 2.45) is 7.05 Å². The van der Waals surface area contributed by atoms with Crippen LogP contribution >= 0.6 is 0 Å². The average molecular weight is 409 g/mol. The Labute approximate surface area is 163 Å². The molecule has 0 saturated carbocycles. The van der Waals surface area contributed by atoms with Gasteiger partial charge in [-0.1, -0.05) is 0 Å². The van der Waals surface area contributed by atoms with Gasteiger partial charge in [0.2, 0.25) is 10.0 Å². The summed E-state index contributed by atoms with van der Waals surface area (Å²) < 4.78 is 48.7. The number of nitrogens with zero attached hydrogens (tertiary/aromatic N) is 1. The van der Waals surface area contributed by atoms with E-state index < -0.39 is 21.5 Å². The van der Waals surface area contributed by atoms with Crippen molar-refractivity contribution < 1.29 is 22.3 Å². The smallest absolute Gasteiger partial charge is 0.272 e. The van der Waals surface area contributed by atoms with Crippen LogP contribution in [0.2, 0.25) is 0 Å². The molecule has 1 aromatic carbocycles.